The zero-order valence-corrected chi connectivity index (χ0v) is 49.5. The second-order valence-corrected chi connectivity index (χ2v) is 23.4. The minimum absolute atomic E-state index is 0.00636. The van der Waals surface area contributed by atoms with E-state index in [0.717, 1.165) is 64.2 Å². The second-order valence-electron chi connectivity index (χ2n) is 22.0. The molecular weight excluding hydrogens is 924 g/mol. The fraction of sp³-hybridized carbons (Fsp3) is 0.797. The van der Waals surface area contributed by atoms with E-state index in [1.165, 1.54) is 193 Å². The van der Waals surface area contributed by atoms with E-state index in [-0.39, 0.29) is 12.5 Å². The van der Waals surface area contributed by atoms with E-state index < -0.39 is 26.6 Å². The van der Waals surface area contributed by atoms with Gasteiger partial charge in [0.25, 0.3) is 7.82 Å². The lowest BCUT2D eigenvalue weighted by Crippen LogP contribution is -2.45. The van der Waals surface area contributed by atoms with Crippen LogP contribution in [0.15, 0.2) is 72.9 Å². The summed E-state index contributed by atoms with van der Waals surface area (Å²) >= 11 is 0. The fourth-order valence-corrected chi connectivity index (χ4v) is 9.59. The maximum atomic E-state index is 12.9. The van der Waals surface area contributed by atoms with Gasteiger partial charge in [0.15, 0.2) is 0 Å². The summed E-state index contributed by atoms with van der Waals surface area (Å²) in [4.78, 5) is 25.4. The maximum absolute atomic E-state index is 12.9. The molecule has 73 heavy (non-hydrogen) atoms. The lowest BCUT2D eigenvalue weighted by molar-refractivity contribution is -0.870. The molecule has 0 saturated carbocycles. The Morgan fingerprint density at radius 2 is 0.849 bits per heavy atom. The first-order valence-electron chi connectivity index (χ1n) is 30.8. The topological polar surface area (TPSA) is 108 Å². The number of carbonyl (C=O) groups is 1. The zero-order valence-electron chi connectivity index (χ0n) is 48.6. The molecule has 0 aromatic carbocycles. The molecule has 426 valence electrons. The van der Waals surface area contributed by atoms with E-state index in [9.17, 15) is 19.4 Å². The molecule has 0 aliphatic carbocycles. The highest BCUT2D eigenvalue weighted by atomic mass is 31.2. The molecule has 9 heteroatoms. The number of nitrogens with zero attached hydrogens (tertiary/aromatic N) is 1. The van der Waals surface area contributed by atoms with Gasteiger partial charge < -0.3 is 28.8 Å². The minimum atomic E-state index is -4.60. The van der Waals surface area contributed by atoms with Gasteiger partial charge in [0.05, 0.1) is 39.9 Å². The highest BCUT2D eigenvalue weighted by Crippen LogP contribution is 2.38. The summed E-state index contributed by atoms with van der Waals surface area (Å²) < 4.78 is 23.3. The highest BCUT2D eigenvalue weighted by Gasteiger charge is 2.23. The summed E-state index contributed by atoms with van der Waals surface area (Å²) in [6.07, 6.45) is 76.0. The van der Waals surface area contributed by atoms with E-state index in [4.69, 9.17) is 9.05 Å². The molecule has 0 bridgehead atoms. The molecular formula is C64H119N2O6P. The number of nitrogens with one attached hydrogen (secondary N) is 1. The number of aliphatic hydroxyl groups is 1. The molecule has 0 saturated heterocycles. The van der Waals surface area contributed by atoms with Crippen LogP contribution in [-0.4, -0.2) is 68.5 Å². The van der Waals surface area contributed by atoms with Crippen LogP contribution in [-0.2, 0) is 18.4 Å². The number of phosphoric acid groups is 1. The third kappa shape index (κ3) is 57.5. The molecule has 8 nitrogen and oxygen atoms in total. The number of aliphatic hydroxyl groups excluding tert-OH is 1. The van der Waals surface area contributed by atoms with Crippen LogP contribution in [0.1, 0.15) is 277 Å². The Labute approximate surface area is 453 Å². The molecule has 0 radical (unpaired) electrons. The van der Waals surface area contributed by atoms with Gasteiger partial charge in [-0.15, -0.1) is 0 Å². The van der Waals surface area contributed by atoms with Gasteiger partial charge in [-0.2, -0.15) is 0 Å². The summed E-state index contributed by atoms with van der Waals surface area (Å²) in [6, 6.07) is -0.902. The number of carbonyl (C=O) groups excluding carboxylic acids is 1. The number of amides is 1. The molecule has 3 atom stereocenters. The number of allylic oxidation sites excluding steroid dienone is 11. The van der Waals surface area contributed by atoms with Crippen LogP contribution in [0, 0.1) is 0 Å². The lowest BCUT2D eigenvalue weighted by Gasteiger charge is -2.29. The molecule has 0 spiro atoms. The van der Waals surface area contributed by atoms with Crippen molar-refractivity contribution in [2.45, 2.75) is 289 Å². The van der Waals surface area contributed by atoms with Crippen LogP contribution in [0.4, 0.5) is 0 Å². The molecule has 0 heterocycles. The Hall–Kier alpha value is -2.06. The first-order valence-corrected chi connectivity index (χ1v) is 32.3. The SMILES string of the molecule is CC/C=C\C/C=C\C/C=C\C/C=C\CCCCCCCCCCCCCCCCCCCCCCCCCCCCC(=O)NC(COP(=O)([O-])OCC[N+](C)(C)C)C(O)/C=C/CC/C=C/CCCCCCCC. The Morgan fingerprint density at radius 3 is 1.27 bits per heavy atom. The second kappa shape index (κ2) is 54.7. The standard InChI is InChI=1S/C64H119N2O6P/c1-6-8-10-12-14-16-18-20-21-22-23-24-25-26-27-28-29-30-31-32-33-34-35-36-37-38-39-40-41-42-43-44-45-46-48-50-52-54-56-58-64(68)65-62(61-72-73(69,70)71-60-59-66(3,4)5)63(67)57-55-53-51-49-47-19-17-15-13-11-9-7-2/h8,10,14,16,20-21,23-24,47,49,55,57,62-63,67H,6-7,9,11-13,15,17-19,22,25-46,48,50-54,56,58-61H2,1-5H3,(H-,65,68,69,70)/b10-8-,16-14-,21-20-,24-23-,49-47+,57-55+. The maximum Gasteiger partial charge on any atom is 0.268 e. The minimum Gasteiger partial charge on any atom is -0.756 e. The van der Waals surface area contributed by atoms with Gasteiger partial charge >= 0.3 is 0 Å². The van der Waals surface area contributed by atoms with E-state index in [1.54, 1.807) is 6.08 Å². The molecule has 1 amide bonds. The Morgan fingerprint density at radius 1 is 0.493 bits per heavy atom. The number of rotatable bonds is 56. The van der Waals surface area contributed by atoms with Gasteiger partial charge in [-0.1, -0.05) is 273 Å². The van der Waals surface area contributed by atoms with Gasteiger partial charge in [-0.3, -0.25) is 9.36 Å². The highest BCUT2D eigenvalue weighted by molar-refractivity contribution is 7.45. The van der Waals surface area contributed by atoms with Crippen LogP contribution in [0.5, 0.6) is 0 Å². The first-order chi connectivity index (χ1) is 35.5. The lowest BCUT2D eigenvalue weighted by atomic mass is 10.0. The number of hydrogen-bond acceptors (Lipinski definition) is 6. The predicted molar refractivity (Wildman–Crippen MR) is 316 cm³/mol. The summed E-state index contributed by atoms with van der Waals surface area (Å²) in [6.45, 7) is 4.51. The number of likely N-dealkylation sites (N-methyl/N-ethyl adjacent to an activating group) is 1. The van der Waals surface area contributed by atoms with Crippen molar-refractivity contribution >= 4 is 13.7 Å². The van der Waals surface area contributed by atoms with E-state index >= 15 is 0 Å². The Balaban J connectivity index is 3.88. The third-order valence-corrected chi connectivity index (χ3v) is 14.6. The van der Waals surface area contributed by atoms with Crippen molar-refractivity contribution in [3.05, 3.63) is 72.9 Å². The first kappa shape index (κ1) is 70.9. The molecule has 0 aliphatic heterocycles. The van der Waals surface area contributed by atoms with Crippen LogP contribution < -0.4 is 10.2 Å². The smallest absolute Gasteiger partial charge is 0.268 e. The van der Waals surface area contributed by atoms with Crippen LogP contribution in [0.25, 0.3) is 0 Å². The number of unbranched alkanes of at least 4 members (excludes halogenated alkanes) is 33. The van der Waals surface area contributed by atoms with Gasteiger partial charge in [0, 0.05) is 6.42 Å². The largest absolute Gasteiger partial charge is 0.756 e. The molecule has 0 fully saturated rings. The monoisotopic (exact) mass is 1040 g/mol. The number of quaternary nitrogens is 1. The van der Waals surface area contributed by atoms with Crippen LogP contribution in [0.3, 0.4) is 0 Å². The summed E-state index contributed by atoms with van der Waals surface area (Å²) in [5.74, 6) is -0.205. The number of hydrogen-bond donors (Lipinski definition) is 2. The predicted octanol–water partition coefficient (Wildman–Crippen LogP) is 18.4. The van der Waals surface area contributed by atoms with Crippen molar-refractivity contribution in [1.29, 1.82) is 0 Å². The average molecular weight is 1040 g/mol. The van der Waals surface area contributed by atoms with Crippen LogP contribution in [0.2, 0.25) is 0 Å². The average Bonchev–Trinajstić information content (AvgIpc) is 3.35. The summed E-state index contributed by atoms with van der Waals surface area (Å²) in [5, 5.41) is 13.8. The quantitative estimate of drug-likeness (QED) is 0.0272. The summed E-state index contributed by atoms with van der Waals surface area (Å²) in [5.41, 5.74) is 0. The van der Waals surface area contributed by atoms with Gasteiger partial charge in [-0.25, -0.2) is 0 Å². The molecule has 0 aromatic rings. The third-order valence-electron chi connectivity index (χ3n) is 13.7. The van der Waals surface area contributed by atoms with Crippen molar-refractivity contribution < 1.29 is 32.9 Å². The van der Waals surface area contributed by atoms with Crippen molar-refractivity contribution in [2.75, 3.05) is 40.9 Å². The molecule has 0 aliphatic rings. The molecule has 2 N–H and O–H groups in total. The van der Waals surface area contributed by atoms with Gasteiger partial charge in [0.1, 0.15) is 13.2 Å². The van der Waals surface area contributed by atoms with Crippen molar-refractivity contribution in [3.8, 4) is 0 Å². The van der Waals surface area contributed by atoms with Crippen molar-refractivity contribution in [1.82, 2.24) is 5.32 Å². The van der Waals surface area contributed by atoms with Gasteiger partial charge in [0.2, 0.25) is 5.91 Å². The zero-order chi connectivity index (χ0) is 53.5. The fourth-order valence-electron chi connectivity index (χ4n) is 8.87. The molecule has 3 unspecified atom stereocenters. The Bertz CT molecular complexity index is 1420. The number of phosphoric ester groups is 1. The van der Waals surface area contributed by atoms with E-state index in [0.29, 0.717) is 17.4 Å². The normalized spacial score (nSPS) is 14.3. The van der Waals surface area contributed by atoms with Crippen molar-refractivity contribution in [2.24, 2.45) is 0 Å². The van der Waals surface area contributed by atoms with Crippen LogP contribution >= 0.6 is 7.82 Å². The van der Waals surface area contributed by atoms with E-state index in [1.807, 2.05) is 27.2 Å². The van der Waals surface area contributed by atoms with Crippen molar-refractivity contribution in [3.63, 3.8) is 0 Å². The molecule has 0 aromatic heterocycles. The van der Waals surface area contributed by atoms with E-state index in [2.05, 4.69) is 79.9 Å². The van der Waals surface area contributed by atoms with Gasteiger partial charge in [-0.05, 0) is 70.6 Å². The molecule has 0 rings (SSSR count). The summed E-state index contributed by atoms with van der Waals surface area (Å²) in [7, 11) is 1.25. The Kier molecular flexibility index (Phi) is 53.2.